The minimum absolute atomic E-state index is 0.0339. The zero-order valence-corrected chi connectivity index (χ0v) is 9.18. The summed E-state index contributed by atoms with van der Waals surface area (Å²) in [7, 11) is 0. The number of Topliss-reactive ketones (excluding diaryl/α,β-unsaturated/α-hetero) is 1. The predicted molar refractivity (Wildman–Crippen MR) is 56.6 cm³/mol. The Kier molecular flexibility index (Phi) is 2.99. The predicted octanol–water partition coefficient (Wildman–Crippen LogP) is 2.58. The zero-order valence-electron chi connectivity index (χ0n) is 9.18. The van der Waals surface area contributed by atoms with E-state index in [1.807, 2.05) is 0 Å². The molecule has 0 fully saturated rings. The lowest BCUT2D eigenvalue weighted by Crippen LogP contribution is -2.16. The Morgan fingerprint density at radius 1 is 1.43 bits per heavy atom. The molecule has 3 nitrogen and oxygen atoms in total. The highest BCUT2D eigenvalue weighted by Crippen LogP contribution is 2.30. The van der Waals surface area contributed by atoms with Crippen LogP contribution in [0.5, 0.6) is 0 Å². The van der Waals surface area contributed by atoms with Crippen molar-refractivity contribution in [2.24, 2.45) is 0 Å². The number of ketones is 1. The maximum atomic E-state index is 10.8. The molecule has 0 aromatic carbocycles. The Hall–Kier alpha value is -1.25. The van der Waals surface area contributed by atoms with Crippen molar-refractivity contribution in [3.63, 3.8) is 0 Å². The number of rotatable bonds is 3. The van der Waals surface area contributed by atoms with E-state index in [1.54, 1.807) is 19.5 Å². The Labute approximate surface area is 84.5 Å². The molecular weight excluding hydrogens is 178 g/mol. The molecule has 0 saturated carbocycles. The van der Waals surface area contributed by atoms with Crippen molar-refractivity contribution in [1.29, 1.82) is 0 Å². The van der Waals surface area contributed by atoms with Crippen molar-refractivity contribution in [1.82, 2.24) is 0 Å². The van der Waals surface area contributed by atoms with Gasteiger partial charge in [0.2, 0.25) is 0 Å². The Balaban J connectivity index is 2.78. The maximum Gasteiger partial charge on any atom is 0.148 e. The molecular formula is C11H17NO2. The molecule has 0 aliphatic heterocycles. The van der Waals surface area contributed by atoms with Gasteiger partial charge in [-0.2, -0.15) is 0 Å². The van der Waals surface area contributed by atoms with E-state index < -0.39 is 0 Å². The fraction of sp³-hybridized carbons (Fsp3) is 0.545. The van der Waals surface area contributed by atoms with E-state index in [2.05, 4.69) is 26.1 Å². The van der Waals surface area contributed by atoms with Crippen LogP contribution in [0.2, 0.25) is 0 Å². The van der Waals surface area contributed by atoms with Crippen LogP contribution in [-0.2, 0) is 10.2 Å². The van der Waals surface area contributed by atoms with Crippen molar-refractivity contribution in [2.75, 3.05) is 11.9 Å². The Morgan fingerprint density at radius 2 is 2.07 bits per heavy atom. The number of nitrogens with one attached hydrogen (secondary N) is 1. The second kappa shape index (κ2) is 3.86. The van der Waals surface area contributed by atoms with Crippen molar-refractivity contribution in [3.8, 4) is 0 Å². The lowest BCUT2D eigenvalue weighted by Gasteiger charge is -2.18. The molecule has 0 unspecified atom stereocenters. The Bertz CT molecular complexity index is 320. The van der Waals surface area contributed by atoms with Crippen molar-refractivity contribution in [2.45, 2.75) is 33.1 Å². The highest BCUT2D eigenvalue weighted by atomic mass is 16.3. The zero-order chi connectivity index (χ0) is 10.8. The van der Waals surface area contributed by atoms with E-state index in [1.165, 1.54) is 0 Å². The second-order valence-electron chi connectivity index (χ2n) is 4.50. The van der Waals surface area contributed by atoms with Gasteiger partial charge in [0.05, 0.1) is 18.5 Å². The van der Waals surface area contributed by atoms with Crippen LogP contribution >= 0.6 is 0 Å². The molecule has 1 aromatic rings. The van der Waals surface area contributed by atoms with E-state index in [0.29, 0.717) is 6.54 Å². The summed E-state index contributed by atoms with van der Waals surface area (Å²) in [5.41, 5.74) is 2.04. The van der Waals surface area contributed by atoms with E-state index in [0.717, 1.165) is 11.3 Å². The van der Waals surface area contributed by atoms with Gasteiger partial charge in [0.25, 0.3) is 0 Å². The molecule has 3 heteroatoms. The summed E-state index contributed by atoms with van der Waals surface area (Å²) in [6.07, 6.45) is 3.37. The first-order chi connectivity index (χ1) is 6.41. The Morgan fingerprint density at radius 3 is 2.57 bits per heavy atom. The maximum absolute atomic E-state index is 10.8. The normalized spacial score (nSPS) is 11.4. The van der Waals surface area contributed by atoms with Gasteiger partial charge in [-0.25, -0.2) is 0 Å². The molecule has 0 bridgehead atoms. The average molecular weight is 195 g/mol. The number of carbonyl (C=O) groups excluding carboxylic acids is 1. The molecule has 0 aliphatic carbocycles. The van der Waals surface area contributed by atoms with Gasteiger partial charge in [0, 0.05) is 5.56 Å². The molecule has 1 N–H and O–H groups in total. The fourth-order valence-corrected chi connectivity index (χ4v) is 1.23. The minimum atomic E-state index is 0.0339. The van der Waals surface area contributed by atoms with E-state index in [-0.39, 0.29) is 11.2 Å². The highest BCUT2D eigenvalue weighted by molar-refractivity contribution is 5.80. The molecule has 0 saturated heterocycles. The summed E-state index contributed by atoms with van der Waals surface area (Å²) in [5.74, 6) is 0.117. The molecule has 1 rings (SSSR count). The quantitative estimate of drug-likeness (QED) is 0.806. The fourth-order valence-electron chi connectivity index (χ4n) is 1.23. The molecule has 0 aliphatic rings. The lowest BCUT2D eigenvalue weighted by molar-refractivity contribution is -0.115. The molecule has 14 heavy (non-hydrogen) atoms. The molecule has 0 spiro atoms. The summed E-state index contributed by atoms with van der Waals surface area (Å²) >= 11 is 0. The van der Waals surface area contributed by atoms with Crippen molar-refractivity contribution < 1.29 is 9.21 Å². The van der Waals surface area contributed by atoms with Gasteiger partial charge in [-0.05, 0) is 12.3 Å². The molecule has 0 atom stereocenters. The van der Waals surface area contributed by atoms with Crippen LogP contribution in [0.3, 0.4) is 0 Å². The van der Waals surface area contributed by atoms with Crippen LogP contribution in [0.25, 0.3) is 0 Å². The highest BCUT2D eigenvalue weighted by Gasteiger charge is 2.19. The van der Waals surface area contributed by atoms with Crippen molar-refractivity contribution in [3.05, 3.63) is 18.1 Å². The van der Waals surface area contributed by atoms with E-state index >= 15 is 0 Å². The van der Waals surface area contributed by atoms with Gasteiger partial charge in [-0.1, -0.05) is 20.8 Å². The third kappa shape index (κ3) is 2.62. The van der Waals surface area contributed by atoms with Crippen LogP contribution in [-0.4, -0.2) is 12.3 Å². The van der Waals surface area contributed by atoms with Crippen LogP contribution < -0.4 is 5.32 Å². The van der Waals surface area contributed by atoms with Gasteiger partial charge < -0.3 is 9.73 Å². The van der Waals surface area contributed by atoms with E-state index in [9.17, 15) is 4.79 Å². The van der Waals surface area contributed by atoms with Crippen LogP contribution in [0.4, 0.5) is 5.69 Å². The summed E-state index contributed by atoms with van der Waals surface area (Å²) in [4.78, 5) is 10.8. The largest absolute Gasteiger partial charge is 0.470 e. The molecule has 78 valence electrons. The molecule has 1 heterocycles. The van der Waals surface area contributed by atoms with Crippen LogP contribution in [0.1, 0.15) is 33.3 Å². The smallest absolute Gasteiger partial charge is 0.148 e. The molecule has 0 radical (unpaired) electrons. The van der Waals surface area contributed by atoms with Gasteiger partial charge in [-0.15, -0.1) is 0 Å². The van der Waals surface area contributed by atoms with Crippen LogP contribution in [0, 0.1) is 0 Å². The summed E-state index contributed by atoms with van der Waals surface area (Å²) in [5, 5.41) is 3.06. The monoisotopic (exact) mass is 195 g/mol. The standard InChI is InChI=1S/C11H17NO2/c1-8(13)5-12-10-7-14-6-9(10)11(2,3)4/h6-7,12H,5H2,1-4H3. The van der Waals surface area contributed by atoms with E-state index in [4.69, 9.17) is 4.42 Å². The molecule has 0 amide bonds. The van der Waals surface area contributed by atoms with Crippen molar-refractivity contribution >= 4 is 11.5 Å². The first-order valence-electron chi connectivity index (χ1n) is 4.71. The first-order valence-corrected chi connectivity index (χ1v) is 4.71. The summed E-state index contributed by atoms with van der Waals surface area (Å²) < 4.78 is 5.13. The second-order valence-corrected chi connectivity index (χ2v) is 4.50. The topological polar surface area (TPSA) is 42.2 Å². The van der Waals surface area contributed by atoms with Gasteiger partial charge in [0.15, 0.2) is 0 Å². The number of anilines is 1. The number of carbonyl (C=O) groups is 1. The first kappa shape index (κ1) is 10.8. The lowest BCUT2D eigenvalue weighted by atomic mass is 9.88. The van der Waals surface area contributed by atoms with Crippen LogP contribution in [0.15, 0.2) is 16.9 Å². The number of hydrogen-bond acceptors (Lipinski definition) is 3. The summed E-state index contributed by atoms with van der Waals surface area (Å²) in [6.45, 7) is 8.23. The van der Waals surface area contributed by atoms with Gasteiger partial charge in [-0.3, -0.25) is 4.79 Å². The average Bonchev–Trinajstić information content (AvgIpc) is 2.46. The third-order valence-corrected chi connectivity index (χ3v) is 2.00. The van der Waals surface area contributed by atoms with Gasteiger partial charge in [0.1, 0.15) is 12.0 Å². The SMILES string of the molecule is CC(=O)CNc1cocc1C(C)(C)C. The van der Waals surface area contributed by atoms with Gasteiger partial charge >= 0.3 is 0 Å². The number of furan rings is 1. The number of hydrogen-bond donors (Lipinski definition) is 1. The third-order valence-electron chi connectivity index (χ3n) is 2.00. The summed E-state index contributed by atoms with van der Waals surface area (Å²) in [6, 6.07) is 0. The molecule has 1 aromatic heterocycles. The minimum Gasteiger partial charge on any atom is -0.470 e.